The quantitative estimate of drug-likeness (QED) is 0.169. The molecule has 2 N–H and O–H groups in total. The monoisotopic (exact) mass is 772 g/mol. The summed E-state index contributed by atoms with van der Waals surface area (Å²) in [6, 6.07) is 43.2. The van der Waals surface area contributed by atoms with E-state index in [2.05, 4.69) is 185 Å². The van der Waals surface area contributed by atoms with Crippen LogP contribution in [0.15, 0.2) is 126 Å². The van der Waals surface area contributed by atoms with E-state index in [9.17, 15) is 0 Å². The van der Waals surface area contributed by atoms with Gasteiger partial charge in [-0.05, 0) is 99.7 Å². The van der Waals surface area contributed by atoms with Crippen molar-refractivity contribution < 1.29 is 9.47 Å². The topological polar surface area (TPSA) is 75.3 Å². The normalized spacial score (nSPS) is 12.7. The van der Waals surface area contributed by atoms with Gasteiger partial charge in [0.1, 0.15) is 5.69 Å². The molecular formula is C53H48N4O2. The Morgan fingerprint density at radius 3 is 1.27 bits per heavy atom. The van der Waals surface area contributed by atoms with Crippen LogP contribution >= 0.6 is 0 Å². The summed E-state index contributed by atoms with van der Waals surface area (Å²) in [5, 5.41) is 0. The molecule has 0 spiro atoms. The van der Waals surface area contributed by atoms with Crippen molar-refractivity contribution in [1.82, 2.24) is 15.0 Å². The van der Waals surface area contributed by atoms with Gasteiger partial charge in [-0.2, -0.15) is 0 Å². The number of hydrogen-bond acceptors (Lipinski definition) is 4. The largest absolute Gasteiger partial charge is 0.488 e. The molecule has 1 atom stereocenters. The summed E-state index contributed by atoms with van der Waals surface area (Å²) >= 11 is 0. The Balaban J connectivity index is 1.55. The molecule has 2 aliphatic heterocycles. The first kappa shape index (κ1) is 37.6. The number of nitrogens with one attached hydrogen (secondary N) is 2. The number of hydrogen-bond donors (Lipinski definition) is 2. The van der Waals surface area contributed by atoms with E-state index < -0.39 is 0 Å². The van der Waals surface area contributed by atoms with Crippen molar-refractivity contribution in [1.29, 1.82) is 0 Å². The maximum absolute atomic E-state index is 7.09. The van der Waals surface area contributed by atoms with Crippen LogP contribution in [0.1, 0.15) is 59.5 Å². The molecule has 292 valence electrons. The number of aryl methyl sites for hydroxylation is 4. The molecule has 5 heterocycles. The van der Waals surface area contributed by atoms with Gasteiger partial charge in [0.15, 0.2) is 5.75 Å². The van der Waals surface area contributed by atoms with Gasteiger partial charge in [-0.15, -0.1) is 0 Å². The van der Waals surface area contributed by atoms with Crippen LogP contribution in [0.5, 0.6) is 5.75 Å². The van der Waals surface area contributed by atoms with Crippen molar-refractivity contribution in [2.24, 2.45) is 4.99 Å². The van der Waals surface area contributed by atoms with Crippen molar-refractivity contribution in [2.75, 3.05) is 7.11 Å². The highest BCUT2D eigenvalue weighted by Crippen LogP contribution is 2.49. The molecule has 6 heteroatoms. The third-order valence-corrected chi connectivity index (χ3v) is 11.4. The number of nitrogens with zero attached hydrogens (tertiary/aromatic N) is 2. The van der Waals surface area contributed by atoms with Crippen LogP contribution in [0.4, 0.5) is 5.69 Å². The number of fused-ring (bicyclic) bond motifs is 8. The van der Waals surface area contributed by atoms with Gasteiger partial charge >= 0.3 is 0 Å². The second-order valence-electron chi connectivity index (χ2n) is 15.8. The van der Waals surface area contributed by atoms with Gasteiger partial charge in [-0.3, -0.25) is 0 Å². The summed E-state index contributed by atoms with van der Waals surface area (Å²) in [5.74, 6) is 1.16. The first-order chi connectivity index (χ1) is 28.7. The van der Waals surface area contributed by atoms with Gasteiger partial charge in [0.05, 0.1) is 30.2 Å². The molecule has 0 amide bonds. The lowest BCUT2D eigenvalue weighted by Crippen LogP contribution is -2.12. The molecule has 0 saturated carbocycles. The van der Waals surface area contributed by atoms with Crippen LogP contribution in [0.2, 0.25) is 0 Å². The number of ether oxygens (including phenoxy) is 2. The zero-order valence-electron chi connectivity index (χ0n) is 34.7. The molecule has 0 fully saturated rings. The summed E-state index contributed by atoms with van der Waals surface area (Å²) in [6.45, 7) is 12.7. The SMILES string of the molecule is CCC(C)Oc1c2c(-c3ccc(C)cc3)c3ccc([nH]3)c(-c3ccc(C)cc3)c3nc(c(-c4ccc(C)cc4)c4ccc([nH]4)c(-c4ccc(C)cc4)c1C(OC)=N2)C=C3. The van der Waals surface area contributed by atoms with E-state index in [0.29, 0.717) is 17.3 Å². The fraction of sp³-hybridized carbons (Fsp3) is 0.170. The first-order valence-electron chi connectivity index (χ1n) is 20.4. The van der Waals surface area contributed by atoms with E-state index in [1.165, 1.54) is 22.3 Å². The highest BCUT2D eigenvalue weighted by molar-refractivity contribution is 6.14. The maximum Gasteiger partial charge on any atom is 0.225 e. The lowest BCUT2D eigenvalue weighted by atomic mass is 9.97. The molecule has 59 heavy (non-hydrogen) atoms. The number of H-pyrrole nitrogens is 2. The van der Waals surface area contributed by atoms with E-state index in [0.717, 1.165) is 89.9 Å². The van der Waals surface area contributed by atoms with Gasteiger partial charge in [0.25, 0.3) is 0 Å². The fourth-order valence-corrected chi connectivity index (χ4v) is 7.99. The second-order valence-corrected chi connectivity index (χ2v) is 15.8. The number of aliphatic imine (C=N–C) groups is 1. The molecule has 6 nitrogen and oxygen atoms in total. The van der Waals surface area contributed by atoms with Crippen molar-refractivity contribution in [3.63, 3.8) is 0 Å². The van der Waals surface area contributed by atoms with Crippen LogP contribution < -0.4 is 4.74 Å². The van der Waals surface area contributed by atoms with Gasteiger partial charge in [-0.25, -0.2) is 9.98 Å². The van der Waals surface area contributed by atoms with Crippen molar-refractivity contribution in [2.45, 2.75) is 54.1 Å². The number of aromatic nitrogens is 3. The third-order valence-electron chi connectivity index (χ3n) is 11.4. The first-order valence-corrected chi connectivity index (χ1v) is 20.4. The predicted octanol–water partition coefficient (Wildman–Crippen LogP) is 13.9. The number of methoxy groups -OCH3 is 1. The Bertz CT molecular complexity index is 2950. The molecular weight excluding hydrogens is 725 g/mol. The summed E-state index contributed by atoms with van der Waals surface area (Å²) in [7, 11) is 1.70. The molecule has 0 aliphatic carbocycles. The maximum atomic E-state index is 7.09. The van der Waals surface area contributed by atoms with Crippen LogP contribution in [0, 0.1) is 27.7 Å². The Labute approximate surface area is 346 Å². The molecule has 2 aliphatic rings. The summed E-state index contributed by atoms with van der Waals surface area (Å²) in [5.41, 5.74) is 19.7. The minimum atomic E-state index is -0.108. The molecule has 7 aromatic rings. The zero-order valence-corrected chi connectivity index (χ0v) is 34.7. The van der Waals surface area contributed by atoms with Crippen LogP contribution in [0.25, 0.3) is 78.7 Å². The average molecular weight is 773 g/mol. The zero-order chi connectivity index (χ0) is 40.8. The lowest BCUT2D eigenvalue weighted by Gasteiger charge is -2.17. The van der Waals surface area contributed by atoms with Gasteiger partial charge in [-0.1, -0.05) is 126 Å². The summed E-state index contributed by atoms with van der Waals surface area (Å²) < 4.78 is 13.4. The van der Waals surface area contributed by atoms with Gasteiger partial charge < -0.3 is 19.4 Å². The Kier molecular flexibility index (Phi) is 9.85. The van der Waals surface area contributed by atoms with Crippen LogP contribution in [-0.4, -0.2) is 34.1 Å². The minimum Gasteiger partial charge on any atom is -0.488 e. The Hall–Kier alpha value is -6.92. The predicted molar refractivity (Wildman–Crippen MR) is 246 cm³/mol. The van der Waals surface area contributed by atoms with Gasteiger partial charge in [0.2, 0.25) is 5.90 Å². The molecule has 0 radical (unpaired) electrons. The highest BCUT2D eigenvalue weighted by Gasteiger charge is 2.31. The molecule has 3 aromatic heterocycles. The fourth-order valence-electron chi connectivity index (χ4n) is 7.99. The van der Waals surface area contributed by atoms with E-state index in [-0.39, 0.29) is 6.10 Å². The van der Waals surface area contributed by atoms with Crippen molar-refractivity contribution in [3.8, 4) is 50.3 Å². The molecule has 0 saturated heterocycles. The minimum absolute atomic E-state index is 0.108. The van der Waals surface area contributed by atoms with E-state index in [4.69, 9.17) is 19.5 Å². The number of benzene rings is 4. The van der Waals surface area contributed by atoms with Gasteiger partial charge in [0, 0.05) is 44.3 Å². The van der Waals surface area contributed by atoms with Crippen LogP contribution in [0.3, 0.4) is 0 Å². The molecule has 1 unspecified atom stereocenters. The Morgan fingerprint density at radius 1 is 0.492 bits per heavy atom. The summed E-state index contributed by atoms with van der Waals surface area (Å²) in [4.78, 5) is 18.6. The van der Waals surface area contributed by atoms with Crippen molar-refractivity contribution in [3.05, 3.63) is 161 Å². The molecule has 4 aromatic carbocycles. The second kappa shape index (κ2) is 15.4. The standard InChI is InChI=1S/C53H48N4O2/c1-8-35(6)59-52-50-48(38-21-13-33(4)14-22-38)44-29-27-42(55-44)46(36-17-9-31(2)10-18-36)40-25-26-41(54-40)47(37-19-11-32(3)12-20-37)43-28-30-45(56-43)49(51(52)57-53(50)58-7)39-23-15-34(5)16-24-39/h9-30,35,55-56H,8H2,1-7H3. The van der Waals surface area contributed by atoms with E-state index in [1.54, 1.807) is 7.11 Å². The van der Waals surface area contributed by atoms with Crippen molar-refractivity contribution >= 4 is 45.8 Å². The lowest BCUT2D eigenvalue weighted by molar-refractivity contribution is 0.218. The number of rotatable bonds is 7. The highest BCUT2D eigenvalue weighted by atomic mass is 16.5. The third kappa shape index (κ3) is 7.05. The summed E-state index contributed by atoms with van der Waals surface area (Å²) in [6.07, 6.45) is 4.98. The molecule has 9 rings (SSSR count). The van der Waals surface area contributed by atoms with Crippen LogP contribution in [-0.2, 0) is 4.74 Å². The number of aromatic amines is 2. The van der Waals surface area contributed by atoms with E-state index >= 15 is 0 Å². The molecule has 8 bridgehead atoms. The van der Waals surface area contributed by atoms with E-state index in [1.807, 2.05) is 0 Å². The smallest absolute Gasteiger partial charge is 0.225 e. The Morgan fingerprint density at radius 2 is 0.864 bits per heavy atom. The average Bonchev–Trinajstić information content (AvgIpc) is 4.08.